The van der Waals surface area contributed by atoms with Gasteiger partial charge in [-0.25, -0.2) is 0 Å². The van der Waals surface area contributed by atoms with Gasteiger partial charge in [-0.15, -0.1) is 0 Å². The second-order valence-corrected chi connectivity index (χ2v) is 12.1. The van der Waals surface area contributed by atoms with E-state index < -0.39 is 80.7 Å². The number of aliphatic hydroxyl groups excluding tert-OH is 9. The third-order valence-corrected chi connectivity index (χ3v) is 9.12. The van der Waals surface area contributed by atoms with E-state index in [0.29, 0.717) is 24.3 Å². The summed E-state index contributed by atoms with van der Waals surface area (Å²) in [5.41, 5.74) is 1.52. The van der Waals surface area contributed by atoms with Gasteiger partial charge >= 0.3 is 0 Å². The highest BCUT2D eigenvalue weighted by atomic mass is 16.7. The predicted octanol–water partition coefficient (Wildman–Crippen LogP) is -2.40. The first-order valence-corrected chi connectivity index (χ1v) is 15.6. The van der Waals surface area contributed by atoms with Crippen LogP contribution in [0.3, 0.4) is 0 Å². The maximum Gasteiger partial charge on any atom is 0.229 e. The Labute approximate surface area is 276 Å². The minimum atomic E-state index is -1.61. The van der Waals surface area contributed by atoms with Crippen molar-refractivity contribution in [3.63, 3.8) is 0 Å². The molecule has 48 heavy (non-hydrogen) atoms. The Bertz CT molecular complexity index is 1340. The summed E-state index contributed by atoms with van der Waals surface area (Å²) in [4.78, 5) is 0. The number of hydrogen-bond acceptors (Lipinski definition) is 16. The molecular weight excluding hydrogens is 640 g/mol. The van der Waals surface area contributed by atoms with Crippen molar-refractivity contribution in [1.29, 1.82) is 0 Å². The minimum Gasteiger partial charge on any atom is -0.493 e. The first-order chi connectivity index (χ1) is 23.0. The molecule has 16 nitrogen and oxygen atoms in total. The molecule has 3 aliphatic heterocycles. The third kappa shape index (κ3) is 7.35. The van der Waals surface area contributed by atoms with Gasteiger partial charge in [-0.2, -0.15) is 0 Å². The van der Waals surface area contributed by atoms with Gasteiger partial charge in [0.15, 0.2) is 23.0 Å². The Hall–Kier alpha value is -2.84. The zero-order chi connectivity index (χ0) is 34.7. The molecule has 268 valence electrons. The molecule has 0 spiro atoms. The molecule has 3 heterocycles. The zero-order valence-corrected chi connectivity index (χ0v) is 26.4. The van der Waals surface area contributed by atoms with Gasteiger partial charge in [-0.3, -0.25) is 0 Å². The first-order valence-electron chi connectivity index (χ1n) is 15.6. The van der Waals surface area contributed by atoms with Gasteiger partial charge in [0.25, 0.3) is 0 Å². The van der Waals surface area contributed by atoms with E-state index in [9.17, 15) is 46.0 Å². The van der Waals surface area contributed by atoms with Crippen molar-refractivity contribution in [1.82, 2.24) is 0 Å². The van der Waals surface area contributed by atoms with Crippen molar-refractivity contribution in [3.05, 3.63) is 47.5 Å². The average Bonchev–Trinajstić information content (AvgIpc) is 3.51. The standard InChI is InChI=1S/C32H44O16/c1-42-20-8-14(3-5-18(20)45-31-28(40)26(38)24(36)22(11-34)47-31)7-16-13-44-30(17(16)10-33)15-4-6-19(21(9-15)43-2)46-32-29(41)27(39)25(37)23(12-35)48-32/h3-6,8-9,16-17,22-41H,7,10-13H2,1-2H3/t16-,17+,22+,23+,24+,25+,26-,27-,28+,29+,30-,31-,32-/m0/s1. The average molecular weight is 685 g/mol. The number of methoxy groups -OCH3 is 2. The fraction of sp³-hybridized carbons (Fsp3) is 0.625. The molecule has 13 atom stereocenters. The number of benzene rings is 2. The molecule has 2 aromatic carbocycles. The summed E-state index contributed by atoms with van der Waals surface area (Å²) in [6, 6.07) is 10.1. The van der Waals surface area contributed by atoms with Crippen molar-refractivity contribution in [2.45, 2.75) is 73.9 Å². The van der Waals surface area contributed by atoms with Gasteiger partial charge < -0.3 is 79.1 Å². The van der Waals surface area contributed by atoms with Crippen LogP contribution in [-0.4, -0.2) is 148 Å². The van der Waals surface area contributed by atoms with Gasteiger partial charge in [0.1, 0.15) is 48.8 Å². The molecular formula is C32H44O16. The van der Waals surface area contributed by atoms with Crippen molar-refractivity contribution in [2.75, 3.05) is 40.6 Å². The maximum absolute atomic E-state index is 10.4. The number of rotatable bonds is 12. The van der Waals surface area contributed by atoms with E-state index >= 15 is 0 Å². The van der Waals surface area contributed by atoms with E-state index in [1.54, 1.807) is 36.4 Å². The van der Waals surface area contributed by atoms with E-state index in [2.05, 4.69) is 0 Å². The highest BCUT2D eigenvalue weighted by molar-refractivity contribution is 5.45. The van der Waals surface area contributed by atoms with Crippen LogP contribution in [0.15, 0.2) is 36.4 Å². The molecule has 2 aromatic rings. The molecule has 3 saturated heterocycles. The fourth-order valence-corrected chi connectivity index (χ4v) is 6.30. The molecule has 0 saturated carbocycles. The molecule has 0 aromatic heterocycles. The van der Waals surface area contributed by atoms with Crippen molar-refractivity contribution in [3.8, 4) is 23.0 Å². The van der Waals surface area contributed by atoms with Gasteiger partial charge in [-0.1, -0.05) is 12.1 Å². The van der Waals surface area contributed by atoms with Crippen LogP contribution >= 0.6 is 0 Å². The highest BCUT2D eigenvalue weighted by Gasteiger charge is 2.46. The van der Waals surface area contributed by atoms with Gasteiger partial charge in [0, 0.05) is 12.5 Å². The lowest BCUT2D eigenvalue weighted by molar-refractivity contribution is -0.277. The van der Waals surface area contributed by atoms with Crippen LogP contribution in [0.4, 0.5) is 0 Å². The molecule has 3 fully saturated rings. The molecule has 0 radical (unpaired) electrons. The van der Waals surface area contributed by atoms with Crippen LogP contribution in [-0.2, 0) is 20.6 Å². The number of hydrogen-bond donors (Lipinski definition) is 9. The Morgan fingerprint density at radius 2 is 1.15 bits per heavy atom. The topological polar surface area (TPSA) is 247 Å². The van der Waals surface area contributed by atoms with Crippen LogP contribution in [0, 0.1) is 11.8 Å². The number of aliphatic hydroxyl groups is 9. The monoisotopic (exact) mass is 684 g/mol. The van der Waals surface area contributed by atoms with Gasteiger partial charge in [0.2, 0.25) is 12.6 Å². The molecule has 0 aliphatic carbocycles. The summed E-state index contributed by atoms with van der Waals surface area (Å²) >= 11 is 0. The van der Waals surface area contributed by atoms with E-state index in [1.807, 2.05) is 0 Å². The first kappa shape index (κ1) is 36.4. The van der Waals surface area contributed by atoms with E-state index in [4.69, 9.17) is 33.2 Å². The quantitative estimate of drug-likeness (QED) is 0.113. The summed E-state index contributed by atoms with van der Waals surface area (Å²) in [6.45, 7) is -1.05. The van der Waals surface area contributed by atoms with Crippen LogP contribution in [0.2, 0.25) is 0 Å². The lowest BCUT2D eigenvalue weighted by Crippen LogP contribution is -2.60. The molecule has 3 aliphatic rings. The Morgan fingerprint density at radius 1 is 0.625 bits per heavy atom. The smallest absolute Gasteiger partial charge is 0.229 e. The molecule has 9 N–H and O–H groups in total. The fourth-order valence-electron chi connectivity index (χ4n) is 6.30. The Kier molecular flexibility index (Phi) is 12.0. The summed E-state index contributed by atoms with van der Waals surface area (Å²) in [6.07, 6.45) is -14.5. The van der Waals surface area contributed by atoms with Crippen LogP contribution in [0.25, 0.3) is 0 Å². The Balaban J connectivity index is 1.26. The van der Waals surface area contributed by atoms with E-state index in [0.717, 1.165) is 5.56 Å². The summed E-state index contributed by atoms with van der Waals surface area (Å²) in [5, 5.41) is 90.4. The Morgan fingerprint density at radius 3 is 1.65 bits per heavy atom. The zero-order valence-electron chi connectivity index (χ0n) is 26.4. The van der Waals surface area contributed by atoms with Gasteiger partial charge in [-0.05, 0) is 47.7 Å². The van der Waals surface area contributed by atoms with Crippen LogP contribution in [0.5, 0.6) is 23.0 Å². The normalized spacial score (nSPS) is 36.9. The summed E-state index contributed by atoms with van der Waals surface area (Å²) in [7, 11) is 2.85. The second kappa shape index (κ2) is 15.8. The van der Waals surface area contributed by atoms with Crippen molar-refractivity contribution >= 4 is 0 Å². The summed E-state index contributed by atoms with van der Waals surface area (Å²) < 4.78 is 39.6. The third-order valence-electron chi connectivity index (χ3n) is 9.12. The molecule has 5 rings (SSSR count). The predicted molar refractivity (Wildman–Crippen MR) is 161 cm³/mol. The maximum atomic E-state index is 10.4. The lowest BCUT2D eigenvalue weighted by atomic mass is 9.84. The molecule has 0 amide bonds. The van der Waals surface area contributed by atoms with Crippen molar-refractivity contribution < 1.29 is 79.1 Å². The molecule has 0 bridgehead atoms. The number of ether oxygens (including phenoxy) is 7. The second-order valence-electron chi connectivity index (χ2n) is 12.1. The lowest BCUT2D eigenvalue weighted by Gasteiger charge is -2.39. The largest absolute Gasteiger partial charge is 0.493 e. The van der Waals surface area contributed by atoms with Crippen LogP contribution < -0.4 is 18.9 Å². The minimum absolute atomic E-state index is 0.113. The summed E-state index contributed by atoms with van der Waals surface area (Å²) in [5.74, 6) is 0.496. The van der Waals surface area contributed by atoms with E-state index in [1.165, 1.54) is 14.2 Å². The van der Waals surface area contributed by atoms with Crippen LogP contribution in [0.1, 0.15) is 17.2 Å². The molecule has 16 heteroatoms. The van der Waals surface area contributed by atoms with Gasteiger partial charge in [0.05, 0.1) is 40.1 Å². The van der Waals surface area contributed by atoms with Crippen molar-refractivity contribution in [2.24, 2.45) is 11.8 Å². The van der Waals surface area contributed by atoms with E-state index in [-0.39, 0.29) is 35.7 Å². The molecule has 0 unspecified atom stereocenters. The highest BCUT2D eigenvalue weighted by Crippen LogP contribution is 2.43. The SMILES string of the molecule is COc1cc(C[C@H]2CO[C@@H](c3ccc(O[C@H]4O[C@H](CO)[C@@H](O)[C@H](O)[C@H]4O)c(OC)c3)[C@@H]2CO)ccc1O[C@H]1O[C@H](CO)[C@@H](O)[C@H](O)[C@H]1O.